The van der Waals surface area contributed by atoms with Crippen LogP contribution in [0.2, 0.25) is 0 Å². The Labute approximate surface area is 198 Å². The molecule has 5 heterocycles. The smallest absolute Gasteiger partial charge is 0.335 e. The molecule has 2 aromatic rings. The molecule has 0 bridgehead atoms. The fraction of sp³-hybridized carbons (Fsp3) is 0.429. The predicted molar refractivity (Wildman–Crippen MR) is 126 cm³/mol. The van der Waals surface area contributed by atoms with E-state index in [2.05, 4.69) is 17.0 Å². The van der Waals surface area contributed by atoms with E-state index in [9.17, 15) is 9.59 Å². The summed E-state index contributed by atoms with van der Waals surface area (Å²) in [5, 5.41) is 0. The van der Waals surface area contributed by atoms with E-state index in [4.69, 9.17) is 14.2 Å². The number of esters is 2. The largest absolute Gasteiger partial charge is 0.456 e. The number of rotatable bonds is 0. The molecule has 0 radical (unpaired) electrons. The van der Waals surface area contributed by atoms with Gasteiger partial charge in [0.05, 0.1) is 6.42 Å². The minimum Gasteiger partial charge on any atom is -0.456 e. The Morgan fingerprint density at radius 1 is 0.912 bits per heavy atom. The van der Waals surface area contributed by atoms with Gasteiger partial charge in [0.15, 0.2) is 5.60 Å². The number of aryl methyl sites for hydroxylation is 2. The molecule has 1 unspecified atom stereocenters. The van der Waals surface area contributed by atoms with Crippen molar-refractivity contribution in [3.63, 3.8) is 0 Å². The Morgan fingerprint density at radius 3 is 2.47 bits per heavy atom. The lowest BCUT2D eigenvalue weighted by atomic mass is 9.75. The van der Waals surface area contributed by atoms with E-state index in [1.165, 1.54) is 16.8 Å². The molecule has 2 aromatic carbocycles. The zero-order chi connectivity index (χ0) is 23.2. The van der Waals surface area contributed by atoms with Crippen LogP contribution in [-0.2, 0) is 39.2 Å². The van der Waals surface area contributed by atoms with Gasteiger partial charge in [-0.2, -0.15) is 0 Å². The third-order valence-corrected chi connectivity index (χ3v) is 8.21. The van der Waals surface area contributed by atoms with Crippen molar-refractivity contribution in [3.8, 4) is 17.2 Å². The van der Waals surface area contributed by atoms with E-state index in [-0.39, 0.29) is 11.9 Å². The van der Waals surface area contributed by atoms with Crippen LogP contribution in [-0.4, -0.2) is 25.0 Å². The summed E-state index contributed by atoms with van der Waals surface area (Å²) in [4.78, 5) is 27.6. The van der Waals surface area contributed by atoms with Crippen molar-refractivity contribution in [2.24, 2.45) is 0 Å². The van der Waals surface area contributed by atoms with Crippen LogP contribution >= 0.6 is 0 Å². The van der Waals surface area contributed by atoms with E-state index in [1.54, 1.807) is 0 Å². The maximum atomic E-state index is 13.0. The van der Waals surface area contributed by atoms with Crippen molar-refractivity contribution in [1.82, 2.24) is 0 Å². The van der Waals surface area contributed by atoms with Crippen molar-refractivity contribution >= 4 is 17.6 Å². The van der Waals surface area contributed by atoms with Crippen LogP contribution < -0.4 is 14.4 Å². The number of ether oxygens (including phenoxy) is 3. The first-order chi connectivity index (χ1) is 16.5. The molecule has 1 saturated heterocycles. The zero-order valence-corrected chi connectivity index (χ0v) is 19.6. The van der Waals surface area contributed by atoms with Gasteiger partial charge in [-0.3, -0.25) is 4.79 Å². The van der Waals surface area contributed by atoms with Crippen molar-refractivity contribution in [2.75, 3.05) is 18.0 Å². The number of nitrogens with zero attached hydrogens (tertiary/aromatic N) is 1. The molecule has 6 nitrogen and oxygen atoms in total. The van der Waals surface area contributed by atoms with Gasteiger partial charge in [0, 0.05) is 53.0 Å². The number of hydrogen-bond donors (Lipinski definition) is 0. The fourth-order valence-electron chi connectivity index (χ4n) is 6.63. The highest BCUT2D eigenvalue weighted by Gasteiger charge is 2.54. The topological polar surface area (TPSA) is 65.1 Å². The summed E-state index contributed by atoms with van der Waals surface area (Å²) in [5.74, 6) is 1.60. The lowest BCUT2D eigenvalue weighted by Gasteiger charge is -2.43. The van der Waals surface area contributed by atoms with Crippen LogP contribution in [0.3, 0.4) is 0 Å². The summed E-state index contributed by atoms with van der Waals surface area (Å²) in [7, 11) is 0. The summed E-state index contributed by atoms with van der Waals surface area (Å²) >= 11 is 0. The number of hydrogen-bond acceptors (Lipinski definition) is 6. The second-order valence-electron chi connectivity index (χ2n) is 10.1. The van der Waals surface area contributed by atoms with Gasteiger partial charge in [0.2, 0.25) is 0 Å². The van der Waals surface area contributed by atoms with Gasteiger partial charge in [-0.15, -0.1) is 0 Å². The summed E-state index contributed by atoms with van der Waals surface area (Å²) in [5.41, 5.74) is 7.24. The maximum Gasteiger partial charge on any atom is 0.335 e. The Hall–Kier alpha value is -3.28. The van der Waals surface area contributed by atoms with E-state index in [1.807, 2.05) is 19.9 Å². The van der Waals surface area contributed by atoms with Crippen molar-refractivity contribution < 1.29 is 23.8 Å². The number of benzene rings is 2. The molecule has 6 heteroatoms. The molecule has 0 amide bonds. The average molecular weight is 458 g/mol. The monoisotopic (exact) mass is 457 g/mol. The number of carbonyl (C=O) groups excluding carboxylic acids is 2. The van der Waals surface area contributed by atoms with Crippen LogP contribution in [0.25, 0.3) is 0 Å². The molecule has 0 aromatic heterocycles. The standard InChI is InChI=1S/C28H27NO5/c1-3-16-14-28(34-27(16)31)20-13-18-8-9-22(30)32-24(18)15(2)25(20)33-26-19-7-5-11-29-10-4-6-17(23(19)29)12-21(26)28/h3,12-13H,4-11,14H2,1-2H3/b16-3+. The normalized spacial score (nSPS) is 25.2. The van der Waals surface area contributed by atoms with E-state index in [0.29, 0.717) is 36.3 Å². The van der Waals surface area contributed by atoms with E-state index < -0.39 is 5.60 Å². The Bertz CT molecular complexity index is 1340. The van der Waals surface area contributed by atoms with Crippen LogP contribution in [0.1, 0.15) is 66.0 Å². The minimum absolute atomic E-state index is 0.218. The first-order valence-corrected chi connectivity index (χ1v) is 12.4. The lowest BCUT2D eigenvalue weighted by molar-refractivity contribution is -0.144. The second-order valence-corrected chi connectivity index (χ2v) is 10.1. The molecule has 7 rings (SSSR count). The second kappa shape index (κ2) is 6.87. The Morgan fingerprint density at radius 2 is 1.68 bits per heavy atom. The van der Waals surface area contributed by atoms with Gasteiger partial charge in [0.25, 0.3) is 0 Å². The number of allylic oxidation sites excluding steroid dienone is 1. The summed E-state index contributed by atoms with van der Waals surface area (Å²) in [6.07, 6.45) is 7.48. The fourth-order valence-corrected chi connectivity index (χ4v) is 6.63. The molecule has 1 spiro atoms. The van der Waals surface area contributed by atoms with E-state index >= 15 is 0 Å². The van der Waals surface area contributed by atoms with Crippen molar-refractivity contribution in [3.05, 3.63) is 57.2 Å². The highest BCUT2D eigenvalue weighted by atomic mass is 16.6. The Kier molecular flexibility index (Phi) is 4.07. The first-order valence-electron chi connectivity index (χ1n) is 12.4. The highest BCUT2D eigenvalue weighted by molar-refractivity contribution is 5.93. The first kappa shape index (κ1) is 20.1. The molecule has 0 N–H and O–H groups in total. The SMILES string of the molecule is C/C=C1\CC2(OC1=O)c1cc3c(c(C)c1Oc1c2cc2c4c1CCCN4CCC2)OC(=O)CC3. The minimum atomic E-state index is -0.922. The van der Waals surface area contributed by atoms with Crippen molar-refractivity contribution in [2.45, 2.75) is 64.4 Å². The summed E-state index contributed by atoms with van der Waals surface area (Å²) < 4.78 is 18.7. The van der Waals surface area contributed by atoms with Gasteiger partial charge in [0.1, 0.15) is 17.2 Å². The molecular weight excluding hydrogens is 430 g/mol. The van der Waals surface area contributed by atoms with Gasteiger partial charge in [-0.05, 0) is 69.2 Å². The summed E-state index contributed by atoms with van der Waals surface area (Å²) in [6.45, 7) is 5.97. The quantitative estimate of drug-likeness (QED) is 0.322. The van der Waals surface area contributed by atoms with Gasteiger partial charge >= 0.3 is 11.9 Å². The lowest BCUT2D eigenvalue weighted by Crippen LogP contribution is -2.37. The molecule has 0 saturated carbocycles. The number of fused-ring (bicyclic) bond motifs is 6. The molecular formula is C28H27NO5. The van der Waals surface area contributed by atoms with Crippen LogP contribution in [0, 0.1) is 6.92 Å². The van der Waals surface area contributed by atoms with Crippen molar-refractivity contribution in [1.29, 1.82) is 0 Å². The third kappa shape index (κ3) is 2.51. The molecule has 1 atom stereocenters. The third-order valence-electron chi connectivity index (χ3n) is 8.21. The Balaban J connectivity index is 1.54. The highest BCUT2D eigenvalue weighted by Crippen LogP contribution is 2.60. The number of anilines is 1. The van der Waals surface area contributed by atoms with E-state index in [0.717, 1.165) is 66.8 Å². The molecule has 1 fully saturated rings. The molecule has 5 aliphatic heterocycles. The van der Waals surface area contributed by atoms with Crippen LogP contribution in [0.4, 0.5) is 5.69 Å². The van der Waals surface area contributed by atoms with Crippen LogP contribution in [0.5, 0.6) is 17.2 Å². The maximum absolute atomic E-state index is 13.0. The molecule has 34 heavy (non-hydrogen) atoms. The van der Waals surface area contributed by atoms with Gasteiger partial charge in [-0.25, -0.2) is 4.79 Å². The van der Waals surface area contributed by atoms with Gasteiger partial charge < -0.3 is 19.1 Å². The molecule has 0 aliphatic carbocycles. The molecule has 5 aliphatic rings. The summed E-state index contributed by atoms with van der Waals surface area (Å²) in [6, 6.07) is 4.30. The zero-order valence-electron chi connectivity index (χ0n) is 19.6. The number of carbonyl (C=O) groups is 2. The van der Waals surface area contributed by atoms with Gasteiger partial charge in [-0.1, -0.05) is 6.08 Å². The predicted octanol–water partition coefficient (Wildman–Crippen LogP) is 4.79. The van der Waals surface area contributed by atoms with Crippen LogP contribution in [0.15, 0.2) is 23.8 Å². The molecule has 174 valence electrons. The average Bonchev–Trinajstić information content (AvgIpc) is 3.18.